The van der Waals surface area contributed by atoms with Crippen molar-refractivity contribution in [3.63, 3.8) is 0 Å². The Morgan fingerprint density at radius 2 is 2.00 bits per heavy atom. The van der Waals surface area contributed by atoms with E-state index in [4.69, 9.17) is 20.8 Å². The number of halogens is 1. The average molecular weight is 481 g/mol. The number of furan rings is 1. The van der Waals surface area contributed by atoms with Crippen molar-refractivity contribution in [2.75, 3.05) is 25.5 Å². The zero-order valence-electron chi connectivity index (χ0n) is 18.8. The van der Waals surface area contributed by atoms with Crippen LogP contribution in [0, 0.1) is 5.92 Å². The molecule has 1 saturated heterocycles. The molecule has 34 heavy (non-hydrogen) atoms. The maximum Gasteiger partial charge on any atom is 0.340 e. The van der Waals surface area contributed by atoms with E-state index in [-0.39, 0.29) is 29.7 Å². The van der Waals surface area contributed by atoms with Crippen molar-refractivity contribution in [1.82, 2.24) is 4.90 Å². The van der Waals surface area contributed by atoms with Crippen LogP contribution in [0.3, 0.4) is 0 Å². The zero-order chi connectivity index (χ0) is 24.1. The van der Waals surface area contributed by atoms with E-state index in [2.05, 4.69) is 5.32 Å². The summed E-state index contributed by atoms with van der Waals surface area (Å²) >= 11 is 5.99. The predicted octanol–water partition coefficient (Wildman–Crippen LogP) is 4.81. The summed E-state index contributed by atoms with van der Waals surface area (Å²) in [4.78, 5) is 39.8. The van der Waals surface area contributed by atoms with Crippen LogP contribution in [0.1, 0.15) is 28.8 Å². The van der Waals surface area contributed by atoms with Crippen molar-refractivity contribution in [1.29, 1.82) is 0 Å². The lowest BCUT2D eigenvalue weighted by Crippen LogP contribution is -2.44. The van der Waals surface area contributed by atoms with Gasteiger partial charge < -0.3 is 19.4 Å². The molecule has 1 unspecified atom stereocenters. The van der Waals surface area contributed by atoms with Crippen molar-refractivity contribution in [3.05, 3.63) is 77.2 Å². The molecule has 1 aliphatic rings. The Labute approximate surface area is 202 Å². The van der Waals surface area contributed by atoms with Crippen molar-refractivity contribution < 1.29 is 23.5 Å². The molecule has 176 valence electrons. The maximum atomic E-state index is 13.0. The number of piperidine rings is 1. The second-order valence-electron chi connectivity index (χ2n) is 8.24. The average Bonchev–Trinajstić information content (AvgIpc) is 3.40. The minimum absolute atomic E-state index is 0.0245. The van der Waals surface area contributed by atoms with Gasteiger partial charge in [0.1, 0.15) is 0 Å². The summed E-state index contributed by atoms with van der Waals surface area (Å²) in [6, 6.07) is 14.3. The van der Waals surface area contributed by atoms with Gasteiger partial charge in [-0.3, -0.25) is 9.59 Å². The van der Waals surface area contributed by atoms with Gasteiger partial charge in [-0.2, -0.15) is 0 Å². The Morgan fingerprint density at radius 1 is 1.15 bits per heavy atom. The van der Waals surface area contributed by atoms with Gasteiger partial charge in [0.05, 0.1) is 43.2 Å². The minimum atomic E-state index is -0.587. The Morgan fingerprint density at radius 3 is 2.76 bits per heavy atom. The molecule has 2 amide bonds. The fourth-order valence-electron chi connectivity index (χ4n) is 4.13. The number of rotatable bonds is 6. The van der Waals surface area contributed by atoms with Gasteiger partial charge in [-0.15, -0.1) is 0 Å². The van der Waals surface area contributed by atoms with Crippen LogP contribution < -0.4 is 5.32 Å². The maximum absolute atomic E-state index is 13.0. The number of benzene rings is 2. The van der Waals surface area contributed by atoms with Crippen molar-refractivity contribution in [2.24, 2.45) is 5.92 Å². The first kappa shape index (κ1) is 23.6. The molecule has 1 fully saturated rings. The van der Waals surface area contributed by atoms with Gasteiger partial charge in [0.15, 0.2) is 0 Å². The fraction of sp³-hybridized carbons (Fsp3) is 0.269. The Bertz CT molecular complexity index is 1190. The fourth-order valence-corrected chi connectivity index (χ4v) is 4.30. The summed E-state index contributed by atoms with van der Waals surface area (Å²) in [5.74, 6) is -1.23. The highest BCUT2D eigenvalue weighted by Gasteiger charge is 2.29. The first-order chi connectivity index (χ1) is 16.4. The predicted molar refractivity (Wildman–Crippen MR) is 129 cm³/mol. The number of nitrogens with zero attached hydrogens (tertiary/aromatic N) is 1. The largest absolute Gasteiger partial charge is 0.472 e. The zero-order valence-corrected chi connectivity index (χ0v) is 19.5. The molecule has 1 atom stereocenters. The number of ether oxygens (including phenoxy) is 1. The molecule has 0 radical (unpaired) electrons. The van der Waals surface area contributed by atoms with Crippen LogP contribution in [0.2, 0.25) is 5.02 Å². The number of carbonyl (C=O) groups is 3. The Kier molecular flexibility index (Phi) is 7.33. The smallest absolute Gasteiger partial charge is 0.340 e. The number of hydrogen-bond acceptors (Lipinski definition) is 5. The molecule has 0 spiro atoms. The van der Waals surface area contributed by atoms with Crippen LogP contribution >= 0.6 is 11.6 Å². The lowest BCUT2D eigenvalue weighted by Gasteiger charge is -2.32. The van der Waals surface area contributed by atoms with Gasteiger partial charge in [-0.05, 0) is 48.2 Å². The molecule has 3 aromatic rings. The quantitative estimate of drug-likeness (QED) is 0.511. The number of esters is 1. The summed E-state index contributed by atoms with van der Waals surface area (Å²) in [5.41, 5.74) is 3.36. The van der Waals surface area contributed by atoms with E-state index in [1.807, 2.05) is 30.3 Å². The van der Waals surface area contributed by atoms with Crippen LogP contribution in [0.4, 0.5) is 5.69 Å². The first-order valence-electron chi connectivity index (χ1n) is 11.0. The summed E-state index contributed by atoms with van der Waals surface area (Å²) in [5, 5.41) is 3.18. The highest BCUT2D eigenvalue weighted by molar-refractivity contribution is 6.31. The molecule has 7 nitrogen and oxygen atoms in total. The highest BCUT2D eigenvalue weighted by Crippen LogP contribution is 2.25. The second kappa shape index (κ2) is 10.6. The molecule has 8 heteroatoms. The number of amides is 2. The summed E-state index contributed by atoms with van der Waals surface area (Å²) in [6.07, 6.45) is 4.92. The summed E-state index contributed by atoms with van der Waals surface area (Å²) in [6.45, 7) is 0.936. The van der Waals surface area contributed by atoms with Gasteiger partial charge >= 0.3 is 5.97 Å². The third kappa shape index (κ3) is 5.48. The molecular weight excluding hydrogens is 456 g/mol. The number of hydrogen-bond donors (Lipinski definition) is 1. The molecular formula is C26H25ClN2O5. The van der Waals surface area contributed by atoms with E-state index in [9.17, 15) is 14.4 Å². The van der Waals surface area contributed by atoms with E-state index in [1.54, 1.807) is 29.6 Å². The van der Waals surface area contributed by atoms with Crippen LogP contribution in [0.25, 0.3) is 11.1 Å². The van der Waals surface area contributed by atoms with Crippen LogP contribution in [-0.2, 0) is 20.7 Å². The van der Waals surface area contributed by atoms with E-state index in [1.165, 1.54) is 13.2 Å². The molecule has 2 heterocycles. The molecule has 1 aromatic heterocycles. The number of anilines is 1. The number of nitrogens with one attached hydrogen (secondary N) is 1. The van der Waals surface area contributed by atoms with Crippen LogP contribution in [0.5, 0.6) is 0 Å². The highest BCUT2D eigenvalue weighted by atomic mass is 35.5. The number of likely N-dealkylation sites (tertiary alicyclic amines) is 1. The standard InChI is InChI=1S/C26H25ClN2O5/c1-33-26(32)22-14-21(27)7-8-23(22)28-25(31)19-6-3-10-29(15-19)24(30)13-17-4-2-5-18(12-17)20-9-11-34-16-20/h2,4-5,7-9,11-12,14,16,19H,3,6,10,13,15H2,1H3,(H,28,31). The van der Waals surface area contributed by atoms with Crippen molar-refractivity contribution >= 4 is 35.1 Å². The van der Waals surface area contributed by atoms with Gasteiger partial charge in [0.2, 0.25) is 11.8 Å². The SMILES string of the molecule is COC(=O)c1cc(Cl)ccc1NC(=O)C1CCCN(C(=O)Cc2cccc(-c3ccoc3)c2)C1. The summed E-state index contributed by atoms with van der Waals surface area (Å²) in [7, 11) is 1.27. The van der Waals surface area contributed by atoms with Crippen LogP contribution in [0.15, 0.2) is 65.5 Å². The summed E-state index contributed by atoms with van der Waals surface area (Å²) < 4.78 is 9.94. The van der Waals surface area contributed by atoms with E-state index in [0.717, 1.165) is 23.1 Å². The van der Waals surface area contributed by atoms with Crippen LogP contribution in [-0.4, -0.2) is 42.9 Å². The normalized spacial score (nSPS) is 15.6. The number of carbonyl (C=O) groups excluding carboxylic acids is 3. The van der Waals surface area contributed by atoms with Gasteiger partial charge in [0, 0.05) is 23.7 Å². The lowest BCUT2D eigenvalue weighted by molar-refractivity contribution is -0.133. The number of methoxy groups -OCH3 is 1. The molecule has 4 rings (SSSR count). The van der Waals surface area contributed by atoms with E-state index >= 15 is 0 Å². The van der Waals surface area contributed by atoms with Gasteiger partial charge in [0.25, 0.3) is 0 Å². The van der Waals surface area contributed by atoms with E-state index < -0.39 is 5.97 Å². The molecule has 0 aliphatic carbocycles. The third-order valence-corrected chi connectivity index (χ3v) is 6.16. The van der Waals surface area contributed by atoms with E-state index in [0.29, 0.717) is 30.2 Å². The molecule has 1 N–H and O–H groups in total. The van der Waals surface area contributed by atoms with Gasteiger partial charge in [-0.25, -0.2) is 4.79 Å². The Balaban J connectivity index is 1.41. The topological polar surface area (TPSA) is 88.9 Å². The third-order valence-electron chi connectivity index (χ3n) is 5.93. The monoisotopic (exact) mass is 480 g/mol. The first-order valence-corrected chi connectivity index (χ1v) is 11.4. The van der Waals surface area contributed by atoms with Gasteiger partial charge in [-0.1, -0.05) is 35.9 Å². The molecule has 2 aromatic carbocycles. The second-order valence-corrected chi connectivity index (χ2v) is 8.68. The lowest BCUT2D eigenvalue weighted by atomic mass is 9.96. The molecule has 0 bridgehead atoms. The minimum Gasteiger partial charge on any atom is -0.472 e. The molecule has 0 saturated carbocycles. The van der Waals surface area contributed by atoms with Crippen molar-refractivity contribution in [2.45, 2.75) is 19.3 Å². The molecule has 1 aliphatic heterocycles. The Hall–Kier alpha value is -3.58. The van der Waals surface area contributed by atoms with Crippen molar-refractivity contribution in [3.8, 4) is 11.1 Å².